The second-order valence-corrected chi connectivity index (χ2v) is 7.39. The number of alkyl halides is 3. The minimum absolute atomic E-state index is 0.0789. The van der Waals surface area contributed by atoms with Crippen molar-refractivity contribution in [2.75, 3.05) is 4.72 Å². The number of thioether (sulfide) groups is 1. The number of hydrogen-bond donors (Lipinski definition) is 1. The van der Waals surface area contributed by atoms with Gasteiger partial charge in [0.25, 0.3) is 10.0 Å². The van der Waals surface area contributed by atoms with Crippen molar-refractivity contribution in [2.45, 2.75) is 15.3 Å². The van der Waals surface area contributed by atoms with E-state index in [0.717, 1.165) is 30.3 Å². The molecule has 0 aliphatic heterocycles. The number of hydrogen-bond acceptors (Lipinski definition) is 3. The van der Waals surface area contributed by atoms with E-state index in [1.807, 2.05) is 0 Å². The van der Waals surface area contributed by atoms with E-state index in [9.17, 15) is 26.0 Å². The van der Waals surface area contributed by atoms with Crippen LogP contribution in [0.4, 0.5) is 23.2 Å². The normalized spacial score (nSPS) is 12.2. The third kappa shape index (κ3) is 4.76. The summed E-state index contributed by atoms with van der Waals surface area (Å²) in [5.74, 6) is -0.949. The summed E-state index contributed by atoms with van der Waals surface area (Å²) in [6.07, 6.45) is 0. The van der Waals surface area contributed by atoms with E-state index in [4.69, 9.17) is 11.6 Å². The lowest BCUT2D eigenvalue weighted by Crippen LogP contribution is -2.14. The molecule has 0 fully saturated rings. The summed E-state index contributed by atoms with van der Waals surface area (Å²) in [7, 11) is -4.22. The second-order valence-electron chi connectivity index (χ2n) is 4.23. The van der Waals surface area contributed by atoms with Gasteiger partial charge in [0, 0.05) is 4.90 Å². The van der Waals surface area contributed by atoms with E-state index in [1.54, 1.807) is 0 Å². The van der Waals surface area contributed by atoms with Gasteiger partial charge >= 0.3 is 5.51 Å². The molecule has 0 unspecified atom stereocenters. The Morgan fingerprint density at radius 3 is 2.30 bits per heavy atom. The highest BCUT2D eigenvalue weighted by Gasteiger charge is 2.30. The maximum atomic E-state index is 13.5. The van der Waals surface area contributed by atoms with Gasteiger partial charge in [-0.2, -0.15) is 13.2 Å². The first kappa shape index (κ1) is 17.9. The fourth-order valence-corrected chi connectivity index (χ4v) is 3.61. The molecule has 0 saturated carbocycles. The Labute approximate surface area is 138 Å². The highest BCUT2D eigenvalue weighted by atomic mass is 35.5. The Hall–Kier alpha value is -1.45. The van der Waals surface area contributed by atoms with Crippen molar-refractivity contribution in [3.63, 3.8) is 0 Å². The fourth-order valence-electron chi connectivity index (χ4n) is 1.64. The minimum atomic E-state index is -4.52. The molecule has 0 amide bonds. The molecule has 124 valence electrons. The lowest BCUT2D eigenvalue weighted by molar-refractivity contribution is -0.0328. The molecule has 2 aromatic rings. The van der Waals surface area contributed by atoms with Gasteiger partial charge < -0.3 is 0 Å². The molecule has 0 aromatic heterocycles. The van der Waals surface area contributed by atoms with Crippen molar-refractivity contribution in [1.82, 2.24) is 0 Å². The van der Waals surface area contributed by atoms with Crippen LogP contribution < -0.4 is 4.72 Å². The topological polar surface area (TPSA) is 46.2 Å². The molecule has 0 atom stereocenters. The molecule has 0 spiro atoms. The average molecular weight is 386 g/mol. The lowest BCUT2D eigenvalue weighted by Gasteiger charge is -2.11. The van der Waals surface area contributed by atoms with Crippen LogP contribution in [0.3, 0.4) is 0 Å². The van der Waals surface area contributed by atoms with Crippen LogP contribution in [0, 0.1) is 5.82 Å². The minimum Gasteiger partial charge on any atom is -0.279 e. The van der Waals surface area contributed by atoms with Crippen LogP contribution in [0.1, 0.15) is 0 Å². The van der Waals surface area contributed by atoms with Gasteiger partial charge in [-0.1, -0.05) is 23.7 Å². The van der Waals surface area contributed by atoms with Crippen LogP contribution in [-0.4, -0.2) is 13.9 Å². The zero-order valence-corrected chi connectivity index (χ0v) is 13.5. The molecule has 0 radical (unpaired) electrons. The molecule has 2 aromatic carbocycles. The summed E-state index contributed by atoms with van der Waals surface area (Å²) in [6, 6.07) is 7.87. The quantitative estimate of drug-likeness (QED) is 0.602. The summed E-state index contributed by atoms with van der Waals surface area (Å²) in [5, 5.41) is -0.277. The van der Waals surface area contributed by atoms with Crippen molar-refractivity contribution >= 4 is 39.1 Å². The van der Waals surface area contributed by atoms with Crippen LogP contribution in [0.15, 0.2) is 52.3 Å². The summed E-state index contributed by atoms with van der Waals surface area (Å²) in [4.78, 5) is -0.849. The summed E-state index contributed by atoms with van der Waals surface area (Å²) in [5.41, 5.74) is -4.59. The van der Waals surface area contributed by atoms with Crippen LogP contribution in [0.5, 0.6) is 0 Å². The van der Waals surface area contributed by atoms with E-state index in [-0.39, 0.29) is 15.6 Å². The van der Waals surface area contributed by atoms with E-state index in [1.165, 1.54) is 12.1 Å². The standard InChI is InChI=1S/C13H8ClF4NO2S2/c14-9-7-8(5-6-11(9)22-13(16,17)18)19-23(20,21)12-4-2-1-3-10(12)15/h1-7,19H. The van der Waals surface area contributed by atoms with Gasteiger partial charge in [-0.05, 0) is 42.1 Å². The lowest BCUT2D eigenvalue weighted by atomic mass is 10.3. The van der Waals surface area contributed by atoms with Gasteiger partial charge in [0.05, 0.1) is 10.7 Å². The van der Waals surface area contributed by atoms with Crippen LogP contribution in [0.25, 0.3) is 0 Å². The number of sulfonamides is 1. The predicted octanol–water partition coefficient (Wildman–Crippen LogP) is 4.89. The predicted molar refractivity (Wildman–Crippen MR) is 80.6 cm³/mol. The number of nitrogens with one attached hydrogen (secondary N) is 1. The Bertz CT molecular complexity index is 825. The highest BCUT2D eigenvalue weighted by molar-refractivity contribution is 8.00. The molecular weight excluding hydrogens is 378 g/mol. The van der Waals surface area contributed by atoms with Gasteiger partial charge in [0.2, 0.25) is 0 Å². The third-order valence-electron chi connectivity index (χ3n) is 2.54. The van der Waals surface area contributed by atoms with Gasteiger partial charge in [0.15, 0.2) is 0 Å². The van der Waals surface area contributed by atoms with E-state index in [2.05, 4.69) is 4.72 Å². The summed E-state index contributed by atoms with van der Waals surface area (Å²) >= 11 is 5.30. The highest BCUT2D eigenvalue weighted by Crippen LogP contribution is 2.41. The summed E-state index contributed by atoms with van der Waals surface area (Å²) < 4.78 is 76.7. The Morgan fingerprint density at radius 2 is 1.74 bits per heavy atom. The first-order valence-corrected chi connectivity index (χ1v) is 8.59. The van der Waals surface area contributed by atoms with E-state index >= 15 is 0 Å². The number of rotatable bonds is 4. The molecule has 10 heteroatoms. The van der Waals surface area contributed by atoms with Gasteiger partial charge in [-0.25, -0.2) is 12.8 Å². The van der Waals surface area contributed by atoms with Crippen LogP contribution >= 0.6 is 23.4 Å². The Kier molecular flexibility index (Phi) is 5.12. The first-order valence-electron chi connectivity index (χ1n) is 5.91. The SMILES string of the molecule is O=S(=O)(Nc1ccc(SC(F)(F)F)c(Cl)c1)c1ccccc1F. The zero-order valence-electron chi connectivity index (χ0n) is 11.1. The molecule has 0 saturated heterocycles. The Morgan fingerprint density at radius 1 is 1.09 bits per heavy atom. The maximum absolute atomic E-state index is 13.5. The first-order chi connectivity index (χ1) is 10.6. The van der Waals surface area contributed by atoms with Gasteiger partial charge in [-0.15, -0.1) is 0 Å². The monoisotopic (exact) mass is 385 g/mol. The summed E-state index contributed by atoms with van der Waals surface area (Å²) in [6.45, 7) is 0. The third-order valence-corrected chi connectivity index (χ3v) is 5.18. The average Bonchev–Trinajstić information content (AvgIpc) is 2.40. The fraction of sp³-hybridized carbons (Fsp3) is 0.0769. The molecule has 0 aliphatic rings. The largest absolute Gasteiger partial charge is 0.446 e. The molecule has 2 rings (SSSR count). The second kappa shape index (κ2) is 6.58. The van der Waals surface area contributed by atoms with Crippen molar-refractivity contribution in [1.29, 1.82) is 0 Å². The molecule has 0 heterocycles. The molecular formula is C13H8ClF4NO2S2. The van der Waals surface area contributed by atoms with Gasteiger partial charge in [-0.3, -0.25) is 4.72 Å². The zero-order chi connectivity index (χ0) is 17.3. The van der Waals surface area contributed by atoms with Crippen molar-refractivity contribution in [2.24, 2.45) is 0 Å². The number of anilines is 1. The van der Waals surface area contributed by atoms with Crippen molar-refractivity contribution < 1.29 is 26.0 Å². The maximum Gasteiger partial charge on any atom is 0.446 e. The van der Waals surface area contributed by atoms with Crippen molar-refractivity contribution in [3.8, 4) is 0 Å². The van der Waals surface area contributed by atoms with Crippen LogP contribution in [0.2, 0.25) is 5.02 Å². The molecule has 1 N–H and O–H groups in total. The van der Waals surface area contributed by atoms with E-state index < -0.39 is 38.0 Å². The van der Waals surface area contributed by atoms with Crippen LogP contribution in [-0.2, 0) is 10.0 Å². The number of benzene rings is 2. The molecule has 0 bridgehead atoms. The molecule has 23 heavy (non-hydrogen) atoms. The van der Waals surface area contributed by atoms with Gasteiger partial charge in [0.1, 0.15) is 10.7 Å². The number of halogens is 5. The van der Waals surface area contributed by atoms with E-state index in [0.29, 0.717) is 0 Å². The molecule has 0 aliphatic carbocycles. The van der Waals surface area contributed by atoms with Crippen molar-refractivity contribution in [3.05, 3.63) is 53.3 Å². The molecule has 3 nitrogen and oxygen atoms in total. The smallest absolute Gasteiger partial charge is 0.279 e. The Balaban J connectivity index is 2.27.